The molecule has 2 N–H and O–H groups in total. The van der Waals surface area contributed by atoms with E-state index in [1.807, 2.05) is 42.5 Å². The maximum atomic E-state index is 13.0. The third-order valence-electron chi connectivity index (χ3n) is 5.54. The van der Waals surface area contributed by atoms with Gasteiger partial charge in [-0.1, -0.05) is 66.2 Å². The van der Waals surface area contributed by atoms with Crippen molar-refractivity contribution >= 4 is 40.8 Å². The fourth-order valence-corrected chi connectivity index (χ4v) is 4.43. The van der Waals surface area contributed by atoms with Crippen molar-refractivity contribution in [3.8, 4) is 16.9 Å². The highest BCUT2D eigenvalue weighted by molar-refractivity contribution is 6.39. The standard InChI is InChI=1S/C28H28Cl2N2O5/c1-5-37-28(34)24(31-27(33)26-22(29)10-8-11-23(26)30)16-18-13-14-19(21(15-18)17(2)32-36-4)20-9-6-7-12-25(20)35-3/h6-15,24,32H,2,5,16H2,1,3-4H3,(H,31,33)/t24-/m0/s1. The minimum absolute atomic E-state index is 0.0880. The van der Waals surface area contributed by atoms with Crippen LogP contribution in [-0.4, -0.2) is 38.7 Å². The number of para-hydroxylation sites is 1. The number of hydrogen-bond donors (Lipinski definition) is 2. The largest absolute Gasteiger partial charge is 0.496 e. The number of hydrogen-bond acceptors (Lipinski definition) is 6. The first kappa shape index (κ1) is 28.1. The molecule has 0 aromatic heterocycles. The van der Waals surface area contributed by atoms with Gasteiger partial charge in [0.1, 0.15) is 11.8 Å². The van der Waals surface area contributed by atoms with Crippen molar-refractivity contribution in [3.63, 3.8) is 0 Å². The van der Waals surface area contributed by atoms with E-state index >= 15 is 0 Å². The van der Waals surface area contributed by atoms with E-state index in [0.717, 1.165) is 22.3 Å². The van der Waals surface area contributed by atoms with E-state index in [2.05, 4.69) is 17.4 Å². The van der Waals surface area contributed by atoms with Gasteiger partial charge in [0.15, 0.2) is 0 Å². The van der Waals surface area contributed by atoms with Gasteiger partial charge in [0.05, 0.1) is 42.1 Å². The van der Waals surface area contributed by atoms with Crippen LogP contribution >= 0.6 is 23.2 Å². The highest BCUT2D eigenvalue weighted by Gasteiger charge is 2.26. The van der Waals surface area contributed by atoms with Gasteiger partial charge in [0.2, 0.25) is 0 Å². The van der Waals surface area contributed by atoms with Crippen LogP contribution in [-0.2, 0) is 20.8 Å². The highest BCUT2D eigenvalue weighted by atomic mass is 35.5. The van der Waals surface area contributed by atoms with E-state index in [4.69, 9.17) is 37.5 Å². The molecule has 37 heavy (non-hydrogen) atoms. The summed E-state index contributed by atoms with van der Waals surface area (Å²) in [6.45, 7) is 5.94. The molecular formula is C28H28Cl2N2O5. The molecule has 0 aliphatic carbocycles. The molecule has 3 aromatic rings. The molecule has 9 heteroatoms. The maximum absolute atomic E-state index is 13.0. The zero-order chi connectivity index (χ0) is 26.9. The van der Waals surface area contributed by atoms with E-state index in [-0.39, 0.29) is 28.6 Å². The molecule has 0 saturated heterocycles. The molecule has 0 unspecified atom stereocenters. The van der Waals surface area contributed by atoms with Crippen LogP contribution in [0.4, 0.5) is 0 Å². The molecule has 0 fully saturated rings. The van der Waals surface area contributed by atoms with Gasteiger partial charge in [-0.05, 0) is 42.3 Å². The number of nitrogens with one attached hydrogen (secondary N) is 2. The van der Waals surface area contributed by atoms with E-state index in [0.29, 0.717) is 11.4 Å². The normalized spacial score (nSPS) is 11.4. The number of benzene rings is 3. The highest BCUT2D eigenvalue weighted by Crippen LogP contribution is 2.35. The summed E-state index contributed by atoms with van der Waals surface area (Å²) >= 11 is 12.4. The van der Waals surface area contributed by atoms with E-state index in [1.165, 1.54) is 7.11 Å². The Balaban J connectivity index is 1.99. The Morgan fingerprint density at radius 2 is 1.68 bits per heavy atom. The summed E-state index contributed by atoms with van der Waals surface area (Å²) in [4.78, 5) is 30.9. The molecule has 7 nitrogen and oxygen atoms in total. The summed E-state index contributed by atoms with van der Waals surface area (Å²) in [6.07, 6.45) is 0.145. The second kappa shape index (κ2) is 13.1. The van der Waals surface area contributed by atoms with Crippen molar-refractivity contribution in [2.24, 2.45) is 0 Å². The lowest BCUT2D eigenvalue weighted by molar-refractivity contribution is -0.145. The molecule has 194 valence electrons. The number of ether oxygens (including phenoxy) is 2. The molecule has 0 heterocycles. The van der Waals surface area contributed by atoms with Crippen molar-refractivity contribution < 1.29 is 23.9 Å². The number of carbonyl (C=O) groups is 2. The topological polar surface area (TPSA) is 85.9 Å². The summed E-state index contributed by atoms with van der Waals surface area (Å²) in [5, 5.41) is 3.08. The second-order valence-corrected chi connectivity index (χ2v) is 8.76. The smallest absolute Gasteiger partial charge is 0.328 e. The molecule has 0 bridgehead atoms. The number of amides is 1. The van der Waals surface area contributed by atoms with Crippen LogP contribution < -0.4 is 15.5 Å². The van der Waals surface area contributed by atoms with Crippen molar-refractivity contribution in [1.29, 1.82) is 0 Å². The Kier molecular flexibility index (Phi) is 9.97. The predicted octanol–water partition coefficient (Wildman–Crippen LogP) is 5.69. The Bertz CT molecular complexity index is 1280. The second-order valence-electron chi connectivity index (χ2n) is 7.94. The van der Waals surface area contributed by atoms with Crippen LogP contribution in [0.5, 0.6) is 5.75 Å². The average molecular weight is 543 g/mol. The summed E-state index contributed by atoms with van der Waals surface area (Å²) in [5.74, 6) is -0.469. The lowest BCUT2D eigenvalue weighted by atomic mass is 9.93. The van der Waals surface area contributed by atoms with Crippen LogP contribution in [0, 0.1) is 0 Å². The quantitative estimate of drug-likeness (QED) is 0.239. The van der Waals surface area contributed by atoms with Crippen LogP contribution in [0.3, 0.4) is 0 Å². The first-order chi connectivity index (χ1) is 17.8. The molecule has 3 rings (SSSR count). The van der Waals surface area contributed by atoms with E-state index < -0.39 is 17.9 Å². The third kappa shape index (κ3) is 6.83. The van der Waals surface area contributed by atoms with Crippen LogP contribution in [0.25, 0.3) is 16.8 Å². The first-order valence-corrected chi connectivity index (χ1v) is 12.2. The van der Waals surface area contributed by atoms with Gasteiger partial charge in [-0.3, -0.25) is 15.1 Å². The Morgan fingerprint density at radius 1 is 0.973 bits per heavy atom. The molecule has 0 saturated carbocycles. The van der Waals surface area contributed by atoms with Gasteiger partial charge in [0.25, 0.3) is 5.91 Å². The zero-order valence-corrected chi connectivity index (χ0v) is 22.3. The van der Waals surface area contributed by atoms with Crippen molar-refractivity contribution in [1.82, 2.24) is 10.8 Å². The number of halogens is 2. The van der Waals surface area contributed by atoms with Crippen LogP contribution in [0.15, 0.2) is 67.2 Å². The molecule has 3 aromatic carbocycles. The SMILES string of the molecule is C=C(NOC)c1cc(C[C@H](NC(=O)c2c(Cl)cccc2Cl)C(=O)OCC)ccc1-c1ccccc1OC. The summed E-state index contributed by atoms with van der Waals surface area (Å²) in [7, 11) is 3.09. The third-order valence-corrected chi connectivity index (χ3v) is 6.17. The van der Waals surface area contributed by atoms with E-state index in [1.54, 1.807) is 32.2 Å². The molecule has 0 radical (unpaired) electrons. The Morgan fingerprint density at radius 3 is 2.32 bits per heavy atom. The van der Waals surface area contributed by atoms with Gasteiger partial charge < -0.3 is 14.8 Å². The summed E-state index contributed by atoms with van der Waals surface area (Å²) < 4.78 is 10.8. The van der Waals surface area contributed by atoms with Gasteiger partial charge >= 0.3 is 5.97 Å². The number of methoxy groups -OCH3 is 1. The fraction of sp³-hybridized carbons (Fsp3) is 0.214. The number of esters is 1. The van der Waals surface area contributed by atoms with E-state index in [9.17, 15) is 9.59 Å². The van der Waals surface area contributed by atoms with Crippen molar-refractivity contribution in [2.45, 2.75) is 19.4 Å². The molecule has 0 aliphatic heterocycles. The minimum atomic E-state index is -0.992. The summed E-state index contributed by atoms with van der Waals surface area (Å²) in [5.41, 5.74) is 6.54. The lowest BCUT2D eigenvalue weighted by Crippen LogP contribution is -2.43. The molecular weight excluding hydrogens is 515 g/mol. The molecule has 1 amide bonds. The number of hydroxylamine groups is 1. The molecule has 0 spiro atoms. The monoisotopic (exact) mass is 542 g/mol. The zero-order valence-electron chi connectivity index (χ0n) is 20.8. The Hall–Kier alpha value is -3.52. The van der Waals surface area contributed by atoms with Crippen LogP contribution in [0.2, 0.25) is 10.0 Å². The first-order valence-electron chi connectivity index (χ1n) is 11.5. The average Bonchev–Trinajstić information content (AvgIpc) is 2.88. The van der Waals surface area contributed by atoms with Gasteiger partial charge in [-0.2, -0.15) is 0 Å². The van der Waals surface area contributed by atoms with Gasteiger partial charge in [-0.25, -0.2) is 4.79 Å². The van der Waals surface area contributed by atoms with Gasteiger partial charge in [-0.15, -0.1) is 0 Å². The maximum Gasteiger partial charge on any atom is 0.328 e. The van der Waals surface area contributed by atoms with Crippen molar-refractivity contribution in [3.05, 3.63) is 94.0 Å². The summed E-state index contributed by atoms with van der Waals surface area (Å²) in [6, 6.07) is 17.0. The lowest BCUT2D eigenvalue weighted by Gasteiger charge is -2.20. The van der Waals surface area contributed by atoms with Gasteiger partial charge in [0, 0.05) is 17.5 Å². The fourth-order valence-electron chi connectivity index (χ4n) is 3.87. The number of rotatable bonds is 11. The minimum Gasteiger partial charge on any atom is -0.496 e. The molecule has 0 aliphatic rings. The molecule has 1 atom stereocenters. The predicted molar refractivity (Wildman–Crippen MR) is 146 cm³/mol. The van der Waals surface area contributed by atoms with Crippen molar-refractivity contribution in [2.75, 3.05) is 20.8 Å². The number of carbonyl (C=O) groups excluding carboxylic acids is 2. The van der Waals surface area contributed by atoms with Crippen LogP contribution in [0.1, 0.15) is 28.4 Å². The Labute approximate surface area is 226 Å².